The summed E-state index contributed by atoms with van der Waals surface area (Å²) in [5.41, 5.74) is 5.99. The van der Waals surface area contributed by atoms with Crippen LogP contribution in [0.25, 0.3) is 21.8 Å². The Kier molecular flexibility index (Phi) is 11.9. The Labute approximate surface area is 393 Å². The molecule has 68 heavy (non-hydrogen) atoms. The fourth-order valence-corrected chi connectivity index (χ4v) is 13.2. The average Bonchev–Trinajstić information content (AvgIpc) is 4.16. The van der Waals surface area contributed by atoms with Gasteiger partial charge in [-0.15, -0.1) is 5.10 Å². The lowest BCUT2D eigenvalue weighted by Gasteiger charge is -2.31. The van der Waals surface area contributed by atoms with Crippen LogP contribution in [-0.2, 0) is 50.7 Å². The number of carbonyl (C=O) groups excluding carboxylic acids is 3. The largest absolute Gasteiger partial charge is 0.395 e. The standard InChI is InChI=1S/C53H53FN8O5Si/c1-33-51(68(2,3)54)48(22-23-61-31-46(59-60-61)42(32-63)35-13-5-4-6-14-35)67-53(33)43-27-39(58-50(65)26-37-29-56-45-19-10-8-17-41(37)45)20-21-47(43)62(52(53)66)30-34-12-11-15-38(24-34)57-49(64)25-36-28-55-44-18-9-7-16-40(36)44/h4-21,24,27-29,31,33,42,48,51,55-56,63H,22-23,25-26,30,32H2,1-3H3,(H,57,64)(H,58,65)/t33-,42?,48+,51-,53+/m1/s1. The third-order valence-corrected chi connectivity index (χ3v) is 16.2. The molecule has 2 aliphatic heterocycles. The lowest BCUT2D eigenvalue weighted by atomic mass is 9.82. The van der Waals surface area contributed by atoms with E-state index in [4.69, 9.17) is 4.74 Å². The summed E-state index contributed by atoms with van der Waals surface area (Å²) in [7, 11) is -3.54. The summed E-state index contributed by atoms with van der Waals surface area (Å²) >= 11 is 0. The number of fused-ring (bicyclic) bond motifs is 4. The predicted molar refractivity (Wildman–Crippen MR) is 263 cm³/mol. The van der Waals surface area contributed by atoms with E-state index in [0.717, 1.165) is 44.1 Å². The average molecular weight is 929 g/mol. The zero-order valence-electron chi connectivity index (χ0n) is 38.1. The number of benzene rings is 5. The van der Waals surface area contributed by atoms with Crippen LogP contribution in [-0.4, -0.2) is 68.9 Å². The maximum Gasteiger partial charge on any atom is 0.264 e. The fourth-order valence-electron chi connectivity index (χ4n) is 10.7. The highest BCUT2D eigenvalue weighted by Gasteiger charge is 2.66. The normalized spacial score (nSPS) is 19.5. The lowest BCUT2D eigenvalue weighted by molar-refractivity contribution is -0.146. The van der Waals surface area contributed by atoms with Crippen molar-refractivity contribution in [2.45, 2.75) is 75.5 Å². The number of para-hydroxylation sites is 2. The minimum absolute atomic E-state index is 0.124. The Morgan fingerprint density at radius 2 is 1.47 bits per heavy atom. The van der Waals surface area contributed by atoms with E-state index in [2.05, 4.69) is 30.9 Å². The first-order valence-corrected chi connectivity index (χ1v) is 26.0. The van der Waals surface area contributed by atoms with Crippen LogP contribution < -0.4 is 15.5 Å². The number of aromatic nitrogens is 5. The van der Waals surface area contributed by atoms with Gasteiger partial charge in [0.15, 0.2) is 5.60 Å². The van der Waals surface area contributed by atoms with Crippen LogP contribution in [0, 0.1) is 5.92 Å². The minimum Gasteiger partial charge on any atom is -0.395 e. The van der Waals surface area contributed by atoms with Gasteiger partial charge in [-0.25, -0.2) is 0 Å². The number of H-pyrrole nitrogens is 2. The number of ether oxygens (including phenoxy) is 1. The number of hydrogen-bond acceptors (Lipinski definition) is 7. The van der Waals surface area contributed by atoms with Crippen LogP contribution in [0.5, 0.6) is 0 Å². The molecule has 5 heterocycles. The van der Waals surface area contributed by atoms with Crippen molar-refractivity contribution >= 4 is 65.0 Å². The molecule has 5 N–H and O–H groups in total. The van der Waals surface area contributed by atoms with Gasteiger partial charge in [-0.1, -0.05) is 91.0 Å². The molecule has 5 aromatic carbocycles. The summed E-state index contributed by atoms with van der Waals surface area (Å²) in [5.74, 6) is -1.68. The van der Waals surface area contributed by atoms with Crippen LogP contribution in [0.15, 0.2) is 140 Å². The van der Waals surface area contributed by atoms with Gasteiger partial charge >= 0.3 is 0 Å². The third kappa shape index (κ3) is 8.41. The highest BCUT2D eigenvalue weighted by Crippen LogP contribution is 2.60. The first-order chi connectivity index (χ1) is 32.9. The molecule has 5 atom stereocenters. The van der Waals surface area contributed by atoms with E-state index in [9.17, 15) is 14.7 Å². The van der Waals surface area contributed by atoms with Crippen LogP contribution in [0.3, 0.4) is 0 Å². The number of hydrogen-bond donors (Lipinski definition) is 5. The monoisotopic (exact) mass is 928 g/mol. The van der Waals surface area contributed by atoms with Gasteiger partial charge in [0, 0.05) is 75.3 Å². The third-order valence-electron chi connectivity index (χ3n) is 13.8. The summed E-state index contributed by atoms with van der Waals surface area (Å²) in [6.45, 7) is 5.58. The molecule has 0 bridgehead atoms. The number of aryl methyl sites for hydroxylation is 1. The molecule has 2 aliphatic rings. The van der Waals surface area contributed by atoms with Gasteiger partial charge in [-0.05, 0) is 84.2 Å². The maximum absolute atomic E-state index is 16.9. The van der Waals surface area contributed by atoms with Crippen molar-refractivity contribution in [1.82, 2.24) is 25.0 Å². The van der Waals surface area contributed by atoms with Gasteiger partial charge in [0.25, 0.3) is 5.91 Å². The molecular weight excluding hydrogens is 876 g/mol. The van der Waals surface area contributed by atoms with Gasteiger partial charge in [0.1, 0.15) is 0 Å². The Bertz CT molecular complexity index is 3160. The van der Waals surface area contributed by atoms with Crippen molar-refractivity contribution in [3.8, 4) is 0 Å². The van der Waals surface area contributed by atoms with Gasteiger partial charge in [-0.3, -0.25) is 19.1 Å². The summed E-state index contributed by atoms with van der Waals surface area (Å²) in [4.78, 5) is 50.6. The molecule has 1 spiro atoms. The summed E-state index contributed by atoms with van der Waals surface area (Å²) in [6, 6.07) is 38.1. The van der Waals surface area contributed by atoms with Crippen molar-refractivity contribution in [3.05, 3.63) is 173 Å². The van der Waals surface area contributed by atoms with E-state index in [0.29, 0.717) is 41.3 Å². The summed E-state index contributed by atoms with van der Waals surface area (Å²) < 4.78 is 25.7. The number of aromatic amines is 2. The molecule has 10 rings (SSSR count). The SMILES string of the molecule is C[C@@H]1[C@@H]([Si](C)(C)F)[C@H](CCn2cc(C(CO)c3ccccc3)nn2)O[C@@]12C(=O)N(Cc1cccc(NC(=O)Cc3c[nH]c4ccccc34)c1)c1ccc(NC(=O)Cc3c[nH]c4ccccc34)cc12. The number of nitrogens with zero attached hydrogens (tertiary/aromatic N) is 4. The van der Waals surface area contributed by atoms with Crippen molar-refractivity contribution in [1.29, 1.82) is 0 Å². The molecule has 346 valence electrons. The molecular formula is C53H53FN8O5Si. The summed E-state index contributed by atoms with van der Waals surface area (Å²) in [5, 5.41) is 27.2. The zero-order valence-corrected chi connectivity index (χ0v) is 39.1. The Morgan fingerprint density at radius 3 is 2.12 bits per heavy atom. The highest BCUT2D eigenvalue weighted by molar-refractivity contribution is 6.72. The van der Waals surface area contributed by atoms with Crippen molar-refractivity contribution in [3.63, 3.8) is 0 Å². The number of carbonyl (C=O) groups is 3. The molecule has 3 amide bonds. The second-order valence-corrected chi connectivity index (χ2v) is 22.4. The quantitative estimate of drug-likeness (QED) is 0.0504. The summed E-state index contributed by atoms with van der Waals surface area (Å²) in [6.07, 6.45) is 5.48. The number of aliphatic hydroxyl groups excluding tert-OH is 1. The van der Waals surface area contributed by atoms with Gasteiger partial charge in [0.2, 0.25) is 20.2 Å². The van der Waals surface area contributed by atoms with Gasteiger partial charge in [-0.2, -0.15) is 0 Å². The van der Waals surface area contributed by atoms with Crippen molar-refractivity contribution in [2.75, 3.05) is 22.1 Å². The molecule has 13 nitrogen and oxygen atoms in total. The van der Waals surface area contributed by atoms with Crippen LogP contribution >= 0.6 is 0 Å². The molecule has 0 radical (unpaired) electrons. The second-order valence-electron chi connectivity index (χ2n) is 18.6. The maximum atomic E-state index is 16.9. The lowest BCUT2D eigenvalue weighted by Crippen LogP contribution is -2.45. The van der Waals surface area contributed by atoms with Crippen molar-refractivity contribution < 1.29 is 28.3 Å². The molecule has 0 aliphatic carbocycles. The number of aliphatic hydroxyl groups is 1. The van der Waals surface area contributed by atoms with Crippen LogP contribution in [0.2, 0.25) is 18.6 Å². The molecule has 15 heteroatoms. The smallest absolute Gasteiger partial charge is 0.264 e. The van der Waals surface area contributed by atoms with E-state index in [1.54, 1.807) is 34.9 Å². The van der Waals surface area contributed by atoms with Gasteiger partial charge < -0.3 is 39.5 Å². The number of nitrogens with one attached hydrogen (secondary N) is 4. The Hall–Kier alpha value is -7.20. The number of halogens is 1. The fraction of sp³-hybridized carbons (Fsp3) is 0.264. The van der Waals surface area contributed by atoms with Crippen LogP contribution in [0.1, 0.15) is 52.8 Å². The molecule has 1 saturated heterocycles. The first kappa shape index (κ1) is 44.6. The second kappa shape index (κ2) is 18.1. The molecule has 8 aromatic rings. The molecule has 1 fully saturated rings. The number of amides is 3. The molecule has 0 saturated carbocycles. The predicted octanol–water partition coefficient (Wildman–Crippen LogP) is 9.14. The van der Waals surface area contributed by atoms with E-state index >= 15 is 8.90 Å². The Balaban J connectivity index is 0.942. The van der Waals surface area contributed by atoms with Crippen molar-refractivity contribution in [2.24, 2.45) is 5.92 Å². The van der Waals surface area contributed by atoms with Crippen LogP contribution in [0.4, 0.5) is 21.2 Å². The minimum atomic E-state index is -3.54. The zero-order chi connectivity index (χ0) is 47.2. The number of anilines is 3. The highest BCUT2D eigenvalue weighted by atomic mass is 28.4. The van der Waals surface area contributed by atoms with E-state index in [-0.39, 0.29) is 49.6 Å². The topological polar surface area (TPSA) is 170 Å². The van der Waals surface area contributed by atoms with E-state index in [1.807, 2.05) is 135 Å². The molecule has 1 unspecified atom stereocenters. The van der Waals surface area contributed by atoms with E-state index < -0.39 is 31.6 Å². The molecule has 3 aromatic heterocycles. The first-order valence-electron chi connectivity index (χ1n) is 23.1. The van der Waals surface area contributed by atoms with E-state index in [1.165, 1.54) is 0 Å². The number of rotatable bonds is 15. The van der Waals surface area contributed by atoms with Gasteiger partial charge in [0.05, 0.1) is 49.4 Å². The Morgan fingerprint density at radius 1 is 0.838 bits per heavy atom.